The van der Waals surface area contributed by atoms with E-state index in [1.54, 1.807) is 27.4 Å². The molecule has 0 radical (unpaired) electrons. The lowest BCUT2D eigenvalue weighted by atomic mass is 9.63. The monoisotopic (exact) mass is 599 g/mol. The van der Waals surface area contributed by atoms with Crippen molar-refractivity contribution in [2.45, 2.75) is 124 Å². The topological polar surface area (TPSA) is 125 Å². The fourth-order valence-electron chi connectivity index (χ4n) is 6.10. The first-order valence-corrected chi connectivity index (χ1v) is 17.0. The molecule has 11 heteroatoms. The summed E-state index contributed by atoms with van der Waals surface area (Å²) in [6.45, 7) is 13.8. The van der Waals surface area contributed by atoms with Gasteiger partial charge in [0, 0.05) is 46.9 Å². The molecule has 0 saturated heterocycles. The number of ether oxygens (including phenoxy) is 1. The summed E-state index contributed by atoms with van der Waals surface area (Å²) in [6.07, 6.45) is 8.68. The number of nitrogens with one attached hydrogen (secondary N) is 2. The number of carbonyl (C=O) groups is 2. The van der Waals surface area contributed by atoms with Gasteiger partial charge in [-0.1, -0.05) is 54.4 Å². The van der Waals surface area contributed by atoms with E-state index >= 15 is 0 Å². The van der Waals surface area contributed by atoms with Crippen LogP contribution in [-0.2, 0) is 27.6 Å². The summed E-state index contributed by atoms with van der Waals surface area (Å²) in [4.78, 5) is 40.2. The van der Waals surface area contributed by atoms with Crippen LogP contribution in [0.1, 0.15) is 106 Å². The highest BCUT2D eigenvalue weighted by molar-refractivity contribution is 6.60. The lowest BCUT2D eigenvalue weighted by Crippen LogP contribution is -2.45. The molecule has 3 atom stereocenters. The quantitative estimate of drug-likeness (QED) is 0.110. The molecule has 1 aliphatic carbocycles. The molecule has 0 heterocycles. The minimum atomic E-state index is -2.65. The van der Waals surface area contributed by atoms with Crippen LogP contribution in [-0.4, -0.2) is 73.4 Å². The maximum absolute atomic E-state index is 12.8. The second-order valence-corrected chi connectivity index (χ2v) is 16.7. The molecule has 1 rings (SSSR count). The summed E-state index contributed by atoms with van der Waals surface area (Å²) in [5.41, 5.74) is -0.303. The first kappa shape index (κ1) is 37.2. The molecule has 3 unspecified atom stereocenters. The Kier molecular flexibility index (Phi) is 15.8. The van der Waals surface area contributed by atoms with E-state index in [4.69, 9.17) is 18.0 Å². The first-order valence-electron chi connectivity index (χ1n) is 15.1. The van der Waals surface area contributed by atoms with Gasteiger partial charge >= 0.3 is 14.9 Å². The van der Waals surface area contributed by atoms with E-state index in [0.717, 1.165) is 44.9 Å². The molecule has 1 aliphatic rings. The van der Waals surface area contributed by atoms with Gasteiger partial charge in [-0.2, -0.15) is 0 Å². The minimum Gasteiger partial charge on any atom is -0.446 e. The number of amides is 2. The molecule has 0 bridgehead atoms. The van der Waals surface area contributed by atoms with E-state index < -0.39 is 14.9 Å². The van der Waals surface area contributed by atoms with Crippen LogP contribution in [0.3, 0.4) is 0 Å². The molecule has 0 spiro atoms. The second-order valence-electron chi connectivity index (χ2n) is 13.6. The zero-order valence-corrected chi connectivity index (χ0v) is 28.2. The number of nitrogens with zero attached hydrogens (tertiary/aromatic N) is 1. The van der Waals surface area contributed by atoms with Crippen molar-refractivity contribution in [3.05, 3.63) is 0 Å². The summed E-state index contributed by atoms with van der Waals surface area (Å²) in [5.74, 6) is -0.00845. The van der Waals surface area contributed by atoms with Gasteiger partial charge in [0.25, 0.3) is 0 Å². The Bertz CT molecular complexity index is 851. The first-order chi connectivity index (χ1) is 19.2. The van der Waals surface area contributed by atoms with Crippen LogP contribution in [0.15, 0.2) is 4.99 Å². The van der Waals surface area contributed by atoms with Crippen molar-refractivity contribution >= 4 is 26.9 Å². The third-order valence-electron chi connectivity index (χ3n) is 8.21. The molecule has 1 saturated carbocycles. The molecule has 238 valence electrons. The molecule has 0 aliphatic heterocycles. The van der Waals surface area contributed by atoms with E-state index in [0.29, 0.717) is 38.4 Å². The standard InChI is InChI=1S/C30H57N3O7Si/c1-10-11-13-25(40-27(36)32-22-30(6)19-24(33-23-34)18-29(4,5)20-30)14-12-15-26(35)31-21-28(2,3)16-17-41(37-7,38-8)39-9/h24-25H,10-22H2,1-9H3,(H,31,35)(H,32,36). The highest BCUT2D eigenvalue weighted by Gasteiger charge is 2.42. The van der Waals surface area contributed by atoms with Crippen LogP contribution >= 0.6 is 0 Å². The van der Waals surface area contributed by atoms with Gasteiger partial charge in [-0.15, -0.1) is 0 Å². The number of isocyanates is 1. The van der Waals surface area contributed by atoms with Crippen molar-refractivity contribution in [1.82, 2.24) is 10.6 Å². The SMILES string of the molecule is CCCCC(CCCC(=O)NCC(C)(C)CC[Si](OC)(OC)OC)OC(=O)NCC1(C)CC(N=C=O)CC(C)(C)C1. The number of aliphatic imine (C=N–C) groups is 1. The molecule has 0 aromatic heterocycles. The predicted octanol–water partition coefficient (Wildman–Crippen LogP) is 5.77. The summed E-state index contributed by atoms with van der Waals surface area (Å²) in [7, 11) is 2.16. The fourth-order valence-corrected chi connectivity index (χ4v) is 8.20. The summed E-state index contributed by atoms with van der Waals surface area (Å²) < 4.78 is 22.3. The van der Waals surface area contributed by atoms with Crippen LogP contribution in [0.4, 0.5) is 4.79 Å². The van der Waals surface area contributed by atoms with Crippen LogP contribution in [0.2, 0.25) is 6.04 Å². The van der Waals surface area contributed by atoms with Crippen LogP contribution in [0.25, 0.3) is 0 Å². The zero-order chi connectivity index (χ0) is 31.2. The van der Waals surface area contributed by atoms with Gasteiger partial charge in [-0.05, 0) is 61.2 Å². The van der Waals surface area contributed by atoms with Gasteiger partial charge < -0.3 is 28.6 Å². The Morgan fingerprint density at radius 3 is 2.27 bits per heavy atom. The minimum absolute atomic E-state index is 0.00845. The van der Waals surface area contributed by atoms with Gasteiger partial charge in [0.05, 0.1) is 6.04 Å². The molecule has 0 aromatic rings. The molecule has 2 N–H and O–H groups in total. The van der Waals surface area contributed by atoms with E-state index in [2.05, 4.69) is 57.2 Å². The van der Waals surface area contributed by atoms with Crippen molar-refractivity contribution in [3.63, 3.8) is 0 Å². The molecule has 1 fully saturated rings. The smallest absolute Gasteiger partial charge is 0.446 e. The Hall–Kier alpha value is -1.78. The third kappa shape index (κ3) is 14.3. The number of unbranched alkanes of at least 4 members (excludes halogenated alkanes) is 1. The molecular formula is C30H57N3O7Si. The van der Waals surface area contributed by atoms with Gasteiger partial charge in [0.2, 0.25) is 12.0 Å². The summed E-state index contributed by atoms with van der Waals surface area (Å²) in [5, 5.41) is 6.02. The Morgan fingerprint density at radius 2 is 1.68 bits per heavy atom. The van der Waals surface area contributed by atoms with Crippen LogP contribution in [0, 0.1) is 16.2 Å². The van der Waals surface area contributed by atoms with Gasteiger partial charge in [-0.25, -0.2) is 14.6 Å². The van der Waals surface area contributed by atoms with Gasteiger partial charge in [0.15, 0.2) is 0 Å². The fraction of sp³-hybridized carbons (Fsp3) is 0.900. The summed E-state index contributed by atoms with van der Waals surface area (Å²) >= 11 is 0. The number of alkyl carbamates (subject to hydrolysis) is 1. The van der Waals surface area contributed by atoms with E-state index in [9.17, 15) is 14.4 Å². The highest BCUT2D eigenvalue weighted by Crippen LogP contribution is 2.46. The van der Waals surface area contributed by atoms with Crippen molar-refractivity contribution in [2.75, 3.05) is 34.4 Å². The maximum atomic E-state index is 12.8. The van der Waals surface area contributed by atoms with Crippen molar-refractivity contribution in [1.29, 1.82) is 0 Å². The van der Waals surface area contributed by atoms with Crippen molar-refractivity contribution in [3.8, 4) is 0 Å². The van der Waals surface area contributed by atoms with E-state index in [1.165, 1.54) is 0 Å². The Labute approximate surface area is 249 Å². The number of rotatable bonds is 19. The van der Waals surface area contributed by atoms with Crippen molar-refractivity contribution in [2.24, 2.45) is 21.2 Å². The predicted molar refractivity (Wildman–Crippen MR) is 162 cm³/mol. The van der Waals surface area contributed by atoms with Crippen LogP contribution in [0.5, 0.6) is 0 Å². The normalized spacial score (nSPS) is 21.4. The van der Waals surface area contributed by atoms with Gasteiger partial charge in [-0.3, -0.25) is 4.79 Å². The number of hydrogen-bond donors (Lipinski definition) is 2. The Balaban J connectivity index is 2.53. The lowest BCUT2D eigenvalue weighted by Gasteiger charge is -2.45. The average molecular weight is 600 g/mol. The maximum Gasteiger partial charge on any atom is 0.500 e. The van der Waals surface area contributed by atoms with Crippen molar-refractivity contribution < 1.29 is 32.4 Å². The molecular weight excluding hydrogens is 542 g/mol. The zero-order valence-electron chi connectivity index (χ0n) is 27.2. The van der Waals surface area contributed by atoms with Gasteiger partial charge in [0.1, 0.15) is 6.10 Å². The molecule has 41 heavy (non-hydrogen) atoms. The van der Waals surface area contributed by atoms with E-state index in [1.807, 2.05) is 0 Å². The summed E-state index contributed by atoms with van der Waals surface area (Å²) in [6, 6.07) is 0.590. The lowest BCUT2D eigenvalue weighted by molar-refractivity contribution is -0.121. The molecule has 2 amide bonds. The largest absolute Gasteiger partial charge is 0.500 e. The molecule has 10 nitrogen and oxygen atoms in total. The average Bonchev–Trinajstić information content (AvgIpc) is 2.89. The Morgan fingerprint density at radius 1 is 1.05 bits per heavy atom. The number of hydrogen-bond acceptors (Lipinski definition) is 8. The van der Waals surface area contributed by atoms with E-state index in [-0.39, 0.29) is 34.3 Å². The second kappa shape index (κ2) is 17.4. The molecule has 0 aromatic carbocycles. The highest BCUT2D eigenvalue weighted by atomic mass is 28.4. The third-order valence-corrected chi connectivity index (χ3v) is 10.9. The number of carbonyl (C=O) groups excluding carboxylic acids is 3. The van der Waals surface area contributed by atoms with Crippen LogP contribution < -0.4 is 10.6 Å².